The molecular weight excluding hydrogens is 382 g/mol. The summed E-state index contributed by atoms with van der Waals surface area (Å²) in [7, 11) is 0. The summed E-state index contributed by atoms with van der Waals surface area (Å²) in [4.78, 5) is 23.3. The number of nitrogen functional groups attached to an aromatic ring is 1. The normalized spacial score (nSPS) is 10.9. The van der Waals surface area contributed by atoms with Gasteiger partial charge in [-0.25, -0.2) is 10.1 Å². The molecular formula is C17H17N7O3S. The Bertz CT molecular complexity index is 981. The number of hydrogen-bond donors (Lipinski definition) is 3. The van der Waals surface area contributed by atoms with Gasteiger partial charge >= 0.3 is 0 Å². The van der Waals surface area contributed by atoms with E-state index in [1.165, 1.54) is 24.1 Å². The molecule has 0 saturated carbocycles. The van der Waals surface area contributed by atoms with Crippen LogP contribution in [-0.2, 0) is 4.79 Å². The van der Waals surface area contributed by atoms with Crippen molar-refractivity contribution in [2.45, 2.75) is 12.1 Å². The number of anilines is 2. The molecule has 0 atom stereocenters. The van der Waals surface area contributed by atoms with Crippen molar-refractivity contribution in [3.63, 3.8) is 0 Å². The zero-order valence-corrected chi connectivity index (χ0v) is 15.6. The molecule has 3 rings (SSSR count). The van der Waals surface area contributed by atoms with Crippen molar-refractivity contribution < 1.29 is 14.0 Å². The van der Waals surface area contributed by atoms with Gasteiger partial charge in [-0.15, -0.1) is 10.2 Å². The molecule has 2 heterocycles. The third kappa shape index (κ3) is 4.98. The first-order valence-electron chi connectivity index (χ1n) is 8.09. The highest BCUT2D eigenvalue weighted by atomic mass is 32.2. The maximum Gasteiger partial charge on any atom is 0.264 e. The number of thioether (sulfide) groups is 1. The number of hydrazone groups is 1. The van der Waals surface area contributed by atoms with E-state index < -0.39 is 0 Å². The third-order valence-electron chi connectivity index (χ3n) is 3.47. The highest BCUT2D eigenvalue weighted by Gasteiger charge is 2.12. The van der Waals surface area contributed by atoms with Gasteiger partial charge in [-0.05, 0) is 43.3 Å². The van der Waals surface area contributed by atoms with Crippen molar-refractivity contribution in [2.24, 2.45) is 5.10 Å². The van der Waals surface area contributed by atoms with Crippen molar-refractivity contribution in [3.05, 3.63) is 54.0 Å². The van der Waals surface area contributed by atoms with Crippen LogP contribution in [0.4, 0.5) is 11.6 Å². The van der Waals surface area contributed by atoms with Crippen LogP contribution in [0.3, 0.4) is 0 Å². The van der Waals surface area contributed by atoms with Crippen LogP contribution in [0.2, 0.25) is 0 Å². The fourth-order valence-corrected chi connectivity index (χ4v) is 2.74. The first kappa shape index (κ1) is 19.2. The quantitative estimate of drug-likeness (QED) is 0.172. The smallest absolute Gasteiger partial charge is 0.264 e. The van der Waals surface area contributed by atoms with Gasteiger partial charge < -0.3 is 15.6 Å². The maximum absolute atomic E-state index is 12.1. The molecule has 11 heteroatoms. The van der Waals surface area contributed by atoms with E-state index in [4.69, 9.17) is 10.3 Å². The van der Waals surface area contributed by atoms with Crippen LogP contribution >= 0.6 is 11.8 Å². The number of aromatic nitrogens is 3. The van der Waals surface area contributed by atoms with Crippen LogP contribution in [0.5, 0.6) is 0 Å². The average molecular weight is 399 g/mol. The number of benzene rings is 1. The van der Waals surface area contributed by atoms with Gasteiger partial charge in [0.25, 0.3) is 5.95 Å². The summed E-state index contributed by atoms with van der Waals surface area (Å²) in [6.07, 6.45) is 3.00. The van der Waals surface area contributed by atoms with Crippen LogP contribution in [0.15, 0.2) is 57.3 Å². The summed E-state index contributed by atoms with van der Waals surface area (Å²) in [5.74, 6) is 6.48. The van der Waals surface area contributed by atoms with Gasteiger partial charge in [-0.3, -0.25) is 9.59 Å². The molecule has 0 unspecified atom stereocenters. The lowest BCUT2D eigenvalue weighted by molar-refractivity contribution is -0.113. The number of carbonyl (C=O) groups excluding carboxylic acids is 2. The Morgan fingerprint density at radius 3 is 2.75 bits per heavy atom. The molecule has 1 aromatic carbocycles. The van der Waals surface area contributed by atoms with Crippen LogP contribution in [-0.4, -0.2) is 38.5 Å². The summed E-state index contributed by atoms with van der Waals surface area (Å²) in [5, 5.41) is 14.8. The molecule has 0 aliphatic rings. The first-order valence-corrected chi connectivity index (χ1v) is 9.08. The van der Waals surface area contributed by atoms with E-state index in [9.17, 15) is 9.59 Å². The topological polar surface area (TPSA) is 140 Å². The van der Waals surface area contributed by atoms with Crippen molar-refractivity contribution in [2.75, 3.05) is 22.3 Å². The fourth-order valence-electron chi connectivity index (χ4n) is 2.09. The minimum absolute atomic E-state index is 0.0337. The largest absolute Gasteiger partial charge is 0.463 e. The van der Waals surface area contributed by atoms with E-state index in [1.807, 2.05) is 0 Å². The van der Waals surface area contributed by atoms with E-state index in [1.54, 1.807) is 36.4 Å². The third-order valence-corrected chi connectivity index (χ3v) is 4.41. The van der Waals surface area contributed by atoms with Gasteiger partial charge in [0.1, 0.15) is 5.76 Å². The number of amides is 1. The highest BCUT2D eigenvalue weighted by molar-refractivity contribution is 7.99. The summed E-state index contributed by atoms with van der Waals surface area (Å²) >= 11 is 1.12. The molecule has 0 bridgehead atoms. The van der Waals surface area contributed by atoms with Crippen LogP contribution in [0, 0.1) is 0 Å². The number of nitrogens with two attached hydrogens (primary N) is 1. The van der Waals surface area contributed by atoms with E-state index in [0.717, 1.165) is 11.8 Å². The molecule has 10 nitrogen and oxygen atoms in total. The number of carbonyl (C=O) groups is 2. The van der Waals surface area contributed by atoms with Crippen molar-refractivity contribution in [1.29, 1.82) is 0 Å². The predicted octanol–water partition coefficient (Wildman–Crippen LogP) is 1.96. The number of nitrogens with zero attached hydrogens (tertiary/aromatic N) is 4. The monoisotopic (exact) mass is 399 g/mol. The summed E-state index contributed by atoms with van der Waals surface area (Å²) in [6, 6.07) is 10.1. The minimum atomic E-state index is -0.242. The van der Waals surface area contributed by atoms with E-state index in [0.29, 0.717) is 22.2 Å². The van der Waals surface area contributed by atoms with Crippen LogP contribution in [0.1, 0.15) is 23.0 Å². The second kappa shape index (κ2) is 8.86. The lowest BCUT2D eigenvalue weighted by Crippen LogP contribution is -2.17. The standard InChI is InChI=1S/C17H17N7O3S/c1-11(25)12-4-6-13(7-5-12)20-15(26)10-28-17-23-22-16(24(17)18)21-19-9-14-3-2-8-27-14/h2-9H,10,18H2,1H3,(H,20,26)(H,21,22)/b19-9+. The molecule has 0 spiro atoms. The minimum Gasteiger partial charge on any atom is -0.463 e. The summed E-state index contributed by atoms with van der Waals surface area (Å²) < 4.78 is 6.30. The Labute approximate surface area is 164 Å². The fraction of sp³-hybridized carbons (Fsp3) is 0.118. The average Bonchev–Trinajstić information content (AvgIpc) is 3.31. The number of nitrogens with one attached hydrogen (secondary N) is 2. The van der Waals surface area contributed by atoms with Gasteiger partial charge in [0, 0.05) is 11.3 Å². The van der Waals surface area contributed by atoms with Crippen molar-refractivity contribution >= 4 is 41.3 Å². The lowest BCUT2D eigenvalue weighted by atomic mass is 10.1. The molecule has 144 valence electrons. The number of hydrogen-bond acceptors (Lipinski definition) is 9. The van der Waals surface area contributed by atoms with E-state index in [2.05, 4.69) is 26.0 Å². The molecule has 2 aromatic heterocycles. The molecule has 0 radical (unpaired) electrons. The number of rotatable bonds is 8. The second-order valence-corrected chi connectivity index (χ2v) is 6.47. The Morgan fingerprint density at radius 2 is 2.07 bits per heavy atom. The first-order chi connectivity index (χ1) is 13.5. The molecule has 0 aliphatic carbocycles. The van der Waals surface area contributed by atoms with Crippen molar-refractivity contribution in [1.82, 2.24) is 14.9 Å². The SMILES string of the molecule is CC(=O)c1ccc(NC(=O)CSc2nnc(N/N=C/c3ccco3)n2N)cc1. The molecule has 0 saturated heterocycles. The molecule has 0 fully saturated rings. The predicted molar refractivity (Wildman–Crippen MR) is 106 cm³/mol. The Morgan fingerprint density at radius 1 is 1.29 bits per heavy atom. The van der Waals surface area contributed by atoms with Crippen LogP contribution < -0.4 is 16.6 Å². The van der Waals surface area contributed by atoms with Gasteiger partial charge in [0.05, 0.1) is 18.2 Å². The zero-order chi connectivity index (χ0) is 19.9. The molecule has 0 aliphatic heterocycles. The molecule has 4 N–H and O–H groups in total. The number of furan rings is 1. The number of Topliss-reactive ketones (excluding diaryl/α,β-unsaturated/α-hetero) is 1. The molecule has 28 heavy (non-hydrogen) atoms. The highest BCUT2D eigenvalue weighted by Crippen LogP contribution is 2.17. The van der Waals surface area contributed by atoms with Gasteiger partial charge in [0.2, 0.25) is 11.1 Å². The summed E-state index contributed by atoms with van der Waals surface area (Å²) in [5.41, 5.74) is 3.82. The lowest BCUT2D eigenvalue weighted by Gasteiger charge is -2.06. The molecule has 1 amide bonds. The van der Waals surface area contributed by atoms with Gasteiger partial charge in [-0.1, -0.05) is 11.8 Å². The second-order valence-electron chi connectivity index (χ2n) is 5.53. The van der Waals surface area contributed by atoms with Crippen molar-refractivity contribution in [3.8, 4) is 0 Å². The Kier molecular flexibility index (Phi) is 6.07. The van der Waals surface area contributed by atoms with Gasteiger partial charge in [-0.2, -0.15) is 5.10 Å². The van der Waals surface area contributed by atoms with Crippen LogP contribution in [0.25, 0.3) is 0 Å². The van der Waals surface area contributed by atoms with E-state index in [-0.39, 0.29) is 23.4 Å². The number of ketones is 1. The zero-order valence-electron chi connectivity index (χ0n) is 14.8. The van der Waals surface area contributed by atoms with E-state index >= 15 is 0 Å². The Balaban J connectivity index is 1.50. The summed E-state index contributed by atoms with van der Waals surface area (Å²) in [6.45, 7) is 1.48. The Hall–Kier alpha value is -3.60. The molecule has 3 aromatic rings. The van der Waals surface area contributed by atoms with Gasteiger partial charge in [0.15, 0.2) is 5.78 Å². The maximum atomic E-state index is 12.1.